The number of fused-ring (bicyclic) bond motifs is 2. The summed E-state index contributed by atoms with van der Waals surface area (Å²) in [4.78, 5) is 1.04. The highest BCUT2D eigenvalue weighted by atomic mass is 127. The van der Waals surface area contributed by atoms with Gasteiger partial charge in [-0.2, -0.15) is 0 Å². The Labute approximate surface area is 168 Å². The Balaban J connectivity index is 1.92. The SMILES string of the molecule is CC1CC2=C3c4c(csc4-c4ccccc4C2I)CC(F)(F)C3C1(C)F. The van der Waals surface area contributed by atoms with Crippen molar-refractivity contribution < 1.29 is 13.2 Å². The summed E-state index contributed by atoms with van der Waals surface area (Å²) in [6.07, 6.45) is 0.173. The van der Waals surface area contributed by atoms with Crippen LogP contribution in [0.15, 0.2) is 35.2 Å². The third-order valence-corrected chi connectivity index (χ3v) is 8.94. The van der Waals surface area contributed by atoms with E-state index < -0.39 is 23.4 Å². The zero-order valence-electron chi connectivity index (χ0n) is 14.5. The lowest BCUT2D eigenvalue weighted by Crippen LogP contribution is -2.52. The van der Waals surface area contributed by atoms with Crippen molar-refractivity contribution in [2.75, 3.05) is 0 Å². The van der Waals surface area contributed by atoms with Gasteiger partial charge in [-0.3, -0.25) is 0 Å². The third kappa shape index (κ3) is 2.07. The maximum atomic E-state index is 15.7. The molecule has 0 bridgehead atoms. The molecule has 0 fully saturated rings. The van der Waals surface area contributed by atoms with Crippen LogP contribution in [0.4, 0.5) is 13.2 Å². The molecule has 1 heterocycles. The van der Waals surface area contributed by atoms with Gasteiger partial charge in [0.2, 0.25) is 0 Å². The first-order valence-electron chi connectivity index (χ1n) is 8.87. The molecule has 4 unspecified atom stereocenters. The van der Waals surface area contributed by atoms with E-state index in [0.29, 0.717) is 17.6 Å². The van der Waals surface area contributed by atoms with Gasteiger partial charge in [0, 0.05) is 16.9 Å². The van der Waals surface area contributed by atoms with E-state index in [-0.39, 0.29) is 10.3 Å². The summed E-state index contributed by atoms with van der Waals surface area (Å²) in [6, 6.07) is 8.16. The molecule has 1 aromatic heterocycles. The van der Waals surface area contributed by atoms with Gasteiger partial charge in [-0.25, -0.2) is 13.2 Å². The van der Waals surface area contributed by atoms with E-state index in [2.05, 4.69) is 34.7 Å². The van der Waals surface area contributed by atoms with Crippen LogP contribution in [-0.4, -0.2) is 11.6 Å². The lowest BCUT2D eigenvalue weighted by molar-refractivity contribution is -0.111. The number of rotatable bonds is 0. The molecule has 5 heteroatoms. The van der Waals surface area contributed by atoms with Crippen LogP contribution >= 0.6 is 33.9 Å². The van der Waals surface area contributed by atoms with Crippen LogP contribution in [0.2, 0.25) is 0 Å². The van der Waals surface area contributed by atoms with Crippen LogP contribution in [0.25, 0.3) is 16.0 Å². The van der Waals surface area contributed by atoms with Crippen LogP contribution in [0.1, 0.15) is 40.9 Å². The number of hydrogen-bond donors (Lipinski definition) is 0. The Morgan fingerprint density at radius 2 is 1.92 bits per heavy atom. The molecule has 0 amide bonds. The average molecular weight is 486 g/mol. The minimum absolute atomic E-state index is 0.00111. The van der Waals surface area contributed by atoms with E-state index in [0.717, 1.165) is 27.1 Å². The van der Waals surface area contributed by atoms with Crippen molar-refractivity contribution in [3.8, 4) is 10.4 Å². The predicted molar refractivity (Wildman–Crippen MR) is 109 cm³/mol. The van der Waals surface area contributed by atoms with Gasteiger partial charge in [0.25, 0.3) is 5.92 Å². The highest BCUT2D eigenvalue weighted by Gasteiger charge is 2.61. The van der Waals surface area contributed by atoms with Crippen LogP contribution in [0.5, 0.6) is 0 Å². The summed E-state index contributed by atoms with van der Waals surface area (Å²) in [5, 5.41) is 1.86. The maximum Gasteiger partial charge on any atom is 0.262 e. The summed E-state index contributed by atoms with van der Waals surface area (Å²) in [5.41, 5.74) is 3.56. The topological polar surface area (TPSA) is 0 Å². The minimum Gasteiger partial charge on any atom is -0.243 e. The molecule has 5 rings (SSSR count). The molecular formula is C21H18F3IS. The molecule has 0 N–H and O–H groups in total. The van der Waals surface area contributed by atoms with Crippen LogP contribution < -0.4 is 0 Å². The fourth-order valence-corrected chi connectivity index (χ4v) is 7.31. The average Bonchev–Trinajstić information content (AvgIpc) is 2.94. The van der Waals surface area contributed by atoms with Gasteiger partial charge in [0.05, 0.1) is 9.84 Å². The third-order valence-electron chi connectivity index (χ3n) is 6.46. The summed E-state index contributed by atoms with van der Waals surface area (Å²) in [7, 11) is 0. The molecule has 1 aromatic carbocycles. The number of halogens is 4. The second-order valence-corrected chi connectivity index (χ2v) is 10.1. The molecule has 0 saturated carbocycles. The van der Waals surface area contributed by atoms with Gasteiger partial charge >= 0.3 is 0 Å². The second-order valence-electron chi connectivity index (χ2n) is 7.98. The van der Waals surface area contributed by atoms with Crippen molar-refractivity contribution >= 4 is 39.5 Å². The molecule has 0 spiro atoms. The normalized spacial score (nSPS) is 34.2. The molecule has 136 valence electrons. The van der Waals surface area contributed by atoms with E-state index in [9.17, 15) is 0 Å². The molecule has 3 aliphatic rings. The lowest BCUT2D eigenvalue weighted by Gasteiger charge is -2.48. The minimum atomic E-state index is -3.06. The van der Waals surface area contributed by atoms with E-state index in [4.69, 9.17) is 0 Å². The van der Waals surface area contributed by atoms with E-state index in [1.54, 1.807) is 6.92 Å². The van der Waals surface area contributed by atoms with Gasteiger partial charge in [0.1, 0.15) is 5.67 Å². The molecule has 2 aromatic rings. The van der Waals surface area contributed by atoms with Crippen molar-refractivity contribution in [2.24, 2.45) is 11.8 Å². The summed E-state index contributed by atoms with van der Waals surface area (Å²) in [5.74, 6) is -4.85. The van der Waals surface area contributed by atoms with E-state index >= 15 is 13.2 Å². The molecular weight excluding hydrogens is 468 g/mol. The van der Waals surface area contributed by atoms with Gasteiger partial charge < -0.3 is 0 Å². The van der Waals surface area contributed by atoms with Crippen molar-refractivity contribution in [2.45, 2.75) is 42.2 Å². The van der Waals surface area contributed by atoms with E-state index in [1.165, 1.54) is 18.3 Å². The smallest absolute Gasteiger partial charge is 0.243 e. The summed E-state index contributed by atoms with van der Waals surface area (Å²) >= 11 is 3.89. The fraction of sp³-hybridized carbons (Fsp3) is 0.429. The summed E-state index contributed by atoms with van der Waals surface area (Å²) in [6.45, 7) is 3.17. The quantitative estimate of drug-likeness (QED) is 0.272. The number of thiophene rings is 1. The molecule has 0 aliphatic heterocycles. The first-order valence-corrected chi connectivity index (χ1v) is 11.0. The largest absolute Gasteiger partial charge is 0.262 e. The zero-order valence-corrected chi connectivity index (χ0v) is 17.4. The van der Waals surface area contributed by atoms with Crippen LogP contribution in [0.3, 0.4) is 0 Å². The van der Waals surface area contributed by atoms with Crippen molar-refractivity contribution in [3.05, 3.63) is 51.9 Å². The van der Waals surface area contributed by atoms with Crippen LogP contribution in [0, 0.1) is 11.8 Å². The van der Waals surface area contributed by atoms with Crippen LogP contribution in [-0.2, 0) is 6.42 Å². The zero-order chi connectivity index (χ0) is 18.4. The summed E-state index contributed by atoms with van der Waals surface area (Å²) < 4.78 is 46.1. The van der Waals surface area contributed by atoms with Crippen molar-refractivity contribution in [1.82, 2.24) is 0 Å². The van der Waals surface area contributed by atoms with Crippen molar-refractivity contribution in [1.29, 1.82) is 0 Å². The number of hydrogen-bond acceptors (Lipinski definition) is 1. The highest BCUT2D eigenvalue weighted by Crippen LogP contribution is 2.64. The Kier molecular flexibility index (Phi) is 3.57. The monoisotopic (exact) mass is 486 g/mol. The first kappa shape index (κ1) is 17.3. The van der Waals surface area contributed by atoms with Gasteiger partial charge in [0.15, 0.2) is 0 Å². The van der Waals surface area contributed by atoms with Gasteiger partial charge in [-0.05, 0) is 52.5 Å². The number of benzene rings is 1. The number of allylic oxidation sites excluding steroid dienone is 2. The molecule has 0 nitrogen and oxygen atoms in total. The van der Waals surface area contributed by atoms with Gasteiger partial charge in [-0.1, -0.05) is 53.8 Å². The second kappa shape index (κ2) is 5.37. The van der Waals surface area contributed by atoms with Crippen molar-refractivity contribution in [3.63, 3.8) is 0 Å². The Hall–Kier alpha value is -0.820. The number of alkyl halides is 4. The predicted octanol–water partition coefficient (Wildman–Crippen LogP) is 7.23. The Morgan fingerprint density at radius 3 is 2.69 bits per heavy atom. The molecule has 4 atom stereocenters. The Morgan fingerprint density at radius 1 is 1.19 bits per heavy atom. The maximum absolute atomic E-state index is 15.7. The molecule has 3 aliphatic carbocycles. The Bertz CT molecular complexity index is 956. The first-order chi connectivity index (χ1) is 12.2. The highest BCUT2D eigenvalue weighted by molar-refractivity contribution is 14.1. The fourth-order valence-electron chi connectivity index (χ4n) is 5.05. The standard InChI is InChI=1S/C21H18F3IS/c1-10-7-14-16-15-11(8-21(23,24)19(16)20(10,2)22)9-26-18(15)13-6-4-3-5-12(13)17(14)25/h3-6,9-10,17,19H,7-8H2,1-2H3. The molecule has 0 radical (unpaired) electrons. The molecule has 0 saturated heterocycles. The molecule has 26 heavy (non-hydrogen) atoms. The van der Waals surface area contributed by atoms with Gasteiger partial charge in [-0.15, -0.1) is 11.3 Å². The lowest BCUT2D eigenvalue weighted by atomic mass is 9.60. The van der Waals surface area contributed by atoms with E-state index in [1.807, 2.05) is 17.5 Å².